The maximum atomic E-state index is 12.3. The maximum absolute atomic E-state index is 12.3. The average Bonchev–Trinajstić information content (AvgIpc) is 2.83. The fraction of sp³-hybridized carbons (Fsp3) is 0.353. The monoisotopic (exact) mass is 348 g/mol. The number of anilines is 1. The van der Waals surface area contributed by atoms with Crippen molar-refractivity contribution in [3.8, 4) is 0 Å². The second kappa shape index (κ2) is 8.01. The third-order valence-corrected chi connectivity index (χ3v) is 4.42. The van der Waals surface area contributed by atoms with Crippen LogP contribution in [0.5, 0.6) is 0 Å². The molecule has 1 aromatic rings. The number of benzene rings is 1. The molecule has 0 unspecified atom stereocenters. The summed E-state index contributed by atoms with van der Waals surface area (Å²) in [5.74, 6) is -0.824. The summed E-state index contributed by atoms with van der Waals surface area (Å²) in [7, 11) is 0. The van der Waals surface area contributed by atoms with Crippen LogP contribution in [0.1, 0.15) is 18.1 Å². The van der Waals surface area contributed by atoms with E-state index < -0.39 is 5.97 Å². The molecule has 0 atom stereocenters. The molecule has 2 rings (SSSR count). The van der Waals surface area contributed by atoms with Gasteiger partial charge < -0.3 is 10.1 Å². The van der Waals surface area contributed by atoms with Gasteiger partial charge in [-0.2, -0.15) is 0 Å². The molecule has 0 aliphatic carbocycles. The second-order valence-corrected chi connectivity index (χ2v) is 6.37. The van der Waals surface area contributed by atoms with Crippen molar-refractivity contribution in [2.45, 2.75) is 20.8 Å². The van der Waals surface area contributed by atoms with Crippen molar-refractivity contribution >= 4 is 35.2 Å². The van der Waals surface area contributed by atoms with Gasteiger partial charge in [-0.25, -0.2) is 4.79 Å². The van der Waals surface area contributed by atoms with Crippen molar-refractivity contribution in [2.24, 2.45) is 0 Å². The SMILES string of the molecule is CCOC(=O)/C=C1/SCC(=O)N1CC(=O)Nc1ccc(C)cc1C. The predicted molar refractivity (Wildman–Crippen MR) is 93.4 cm³/mol. The molecule has 0 bridgehead atoms. The number of carbonyl (C=O) groups excluding carboxylic acids is 3. The molecule has 1 aliphatic rings. The minimum Gasteiger partial charge on any atom is -0.463 e. The van der Waals surface area contributed by atoms with Gasteiger partial charge in [-0.05, 0) is 32.4 Å². The number of nitrogens with zero attached hydrogens (tertiary/aromatic N) is 1. The molecule has 128 valence electrons. The van der Waals surface area contributed by atoms with Crippen molar-refractivity contribution in [3.05, 3.63) is 40.4 Å². The predicted octanol–water partition coefficient (Wildman–Crippen LogP) is 2.22. The molecule has 0 aromatic heterocycles. The van der Waals surface area contributed by atoms with Crippen molar-refractivity contribution in [3.63, 3.8) is 0 Å². The van der Waals surface area contributed by atoms with Crippen molar-refractivity contribution < 1.29 is 19.1 Å². The van der Waals surface area contributed by atoms with Crippen molar-refractivity contribution in [1.29, 1.82) is 0 Å². The largest absolute Gasteiger partial charge is 0.463 e. The number of esters is 1. The van der Waals surface area contributed by atoms with Crippen LogP contribution in [0, 0.1) is 13.8 Å². The molecule has 1 heterocycles. The summed E-state index contributed by atoms with van der Waals surface area (Å²) in [6.07, 6.45) is 1.25. The highest BCUT2D eigenvalue weighted by Crippen LogP contribution is 2.28. The first-order valence-electron chi connectivity index (χ1n) is 7.59. The number of carbonyl (C=O) groups is 3. The Labute approximate surface area is 145 Å². The number of rotatable bonds is 5. The van der Waals surface area contributed by atoms with E-state index in [9.17, 15) is 14.4 Å². The van der Waals surface area contributed by atoms with E-state index in [1.165, 1.54) is 22.7 Å². The molecule has 1 N–H and O–H groups in total. The zero-order valence-corrected chi connectivity index (χ0v) is 14.7. The van der Waals surface area contributed by atoms with Gasteiger partial charge in [0, 0.05) is 5.69 Å². The van der Waals surface area contributed by atoms with Gasteiger partial charge in [0.15, 0.2) is 0 Å². The first-order valence-corrected chi connectivity index (χ1v) is 8.58. The number of hydrogen-bond donors (Lipinski definition) is 1. The van der Waals surface area contributed by atoms with Gasteiger partial charge in [0.05, 0.1) is 23.5 Å². The summed E-state index contributed by atoms with van der Waals surface area (Å²) in [5, 5.41) is 3.24. The van der Waals surface area contributed by atoms with E-state index >= 15 is 0 Å². The Kier molecular flexibility index (Phi) is 6.03. The van der Waals surface area contributed by atoms with Gasteiger partial charge in [0.1, 0.15) is 6.54 Å². The fourth-order valence-corrected chi connectivity index (χ4v) is 3.20. The van der Waals surface area contributed by atoms with Gasteiger partial charge in [-0.1, -0.05) is 29.5 Å². The molecular formula is C17H20N2O4S. The third kappa shape index (κ3) is 4.61. The molecule has 1 aliphatic heterocycles. The quantitative estimate of drug-likeness (QED) is 0.652. The molecule has 0 radical (unpaired) electrons. The number of hydrogen-bond acceptors (Lipinski definition) is 5. The van der Waals surface area contributed by atoms with Gasteiger partial charge in [0.2, 0.25) is 11.8 Å². The molecule has 2 amide bonds. The van der Waals surface area contributed by atoms with Crippen LogP contribution in [-0.2, 0) is 19.1 Å². The minimum absolute atomic E-state index is 0.135. The fourth-order valence-electron chi connectivity index (χ4n) is 2.27. The first kappa shape index (κ1) is 18.1. The van der Waals surface area contributed by atoms with E-state index in [1.54, 1.807) is 6.92 Å². The summed E-state index contributed by atoms with van der Waals surface area (Å²) in [6.45, 7) is 5.72. The molecule has 6 nitrogen and oxygen atoms in total. The van der Waals surface area contributed by atoms with Crippen molar-refractivity contribution in [2.75, 3.05) is 24.2 Å². The molecule has 7 heteroatoms. The molecule has 1 aromatic carbocycles. The zero-order valence-electron chi connectivity index (χ0n) is 13.9. The summed E-state index contributed by atoms with van der Waals surface area (Å²) in [4.78, 5) is 37.1. The Hall–Kier alpha value is -2.28. The standard InChI is InChI=1S/C17H20N2O4S/c1-4-23-17(22)8-16-19(15(21)10-24-16)9-14(20)18-13-6-5-11(2)7-12(13)3/h5-8H,4,9-10H2,1-3H3,(H,18,20)/b16-8+. The summed E-state index contributed by atoms with van der Waals surface area (Å²) < 4.78 is 4.85. The van der Waals surface area contributed by atoms with Gasteiger partial charge in [-0.3, -0.25) is 14.5 Å². The summed E-state index contributed by atoms with van der Waals surface area (Å²) >= 11 is 1.22. The van der Waals surface area contributed by atoms with E-state index in [-0.39, 0.29) is 30.7 Å². The molecule has 1 saturated heterocycles. The van der Waals surface area contributed by atoms with E-state index in [4.69, 9.17) is 4.74 Å². The van der Waals surface area contributed by atoms with Gasteiger partial charge in [0.25, 0.3) is 0 Å². The smallest absolute Gasteiger partial charge is 0.333 e. The molecule has 24 heavy (non-hydrogen) atoms. The lowest BCUT2D eigenvalue weighted by Gasteiger charge is -2.17. The molecule has 1 fully saturated rings. The summed E-state index contributed by atoms with van der Waals surface area (Å²) in [6, 6.07) is 5.71. The Morgan fingerprint density at radius 1 is 1.38 bits per heavy atom. The van der Waals surface area contributed by atoms with Crippen LogP contribution >= 0.6 is 11.8 Å². The van der Waals surface area contributed by atoms with Crippen molar-refractivity contribution in [1.82, 2.24) is 4.90 Å². The van der Waals surface area contributed by atoms with Crippen LogP contribution < -0.4 is 5.32 Å². The summed E-state index contributed by atoms with van der Waals surface area (Å²) in [5.41, 5.74) is 2.77. The first-order chi connectivity index (χ1) is 11.4. The number of nitrogens with one attached hydrogen (secondary N) is 1. The zero-order chi connectivity index (χ0) is 17.7. The lowest BCUT2D eigenvalue weighted by Crippen LogP contribution is -2.34. The lowest BCUT2D eigenvalue weighted by atomic mass is 10.1. The molecular weight excluding hydrogens is 328 g/mol. The van der Waals surface area contributed by atoms with Crippen LogP contribution in [0.25, 0.3) is 0 Å². The van der Waals surface area contributed by atoms with E-state index in [0.717, 1.165) is 11.1 Å². The van der Waals surface area contributed by atoms with Crippen LogP contribution in [0.3, 0.4) is 0 Å². The maximum Gasteiger partial charge on any atom is 0.333 e. The Morgan fingerprint density at radius 3 is 2.79 bits per heavy atom. The highest BCUT2D eigenvalue weighted by molar-refractivity contribution is 8.04. The Bertz CT molecular complexity index is 700. The van der Waals surface area contributed by atoms with Gasteiger partial charge >= 0.3 is 5.97 Å². The third-order valence-electron chi connectivity index (χ3n) is 3.40. The normalized spacial score (nSPS) is 15.7. The second-order valence-electron chi connectivity index (χ2n) is 5.37. The van der Waals surface area contributed by atoms with E-state index in [1.807, 2.05) is 32.0 Å². The van der Waals surface area contributed by atoms with Gasteiger partial charge in [-0.15, -0.1) is 0 Å². The van der Waals surface area contributed by atoms with Crippen LogP contribution in [0.2, 0.25) is 0 Å². The number of ether oxygens (including phenoxy) is 1. The Balaban J connectivity index is 2.05. The Morgan fingerprint density at radius 2 is 2.12 bits per heavy atom. The number of amides is 2. The number of aryl methyl sites for hydroxylation is 2. The molecule has 0 spiro atoms. The average molecular weight is 348 g/mol. The minimum atomic E-state index is -0.519. The van der Waals surface area contributed by atoms with Crippen LogP contribution in [0.15, 0.2) is 29.3 Å². The van der Waals surface area contributed by atoms with Crippen LogP contribution in [0.4, 0.5) is 5.69 Å². The van der Waals surface area contributed by atoms with E-state index in [0.29, 0.717) is 10.7 Å². The van der Waals surface area contributed by atoms with Crippen LogP contribution in [-0.4, -0.2) is 41.6 Å². The molecule has 0 saturated carbocycles. The number of thioether (sulfide) groups is 1. The topological polar surface area (TPSA) is 75.7 Å². The highest BCUT2D eigenvalue weighted by atomic mass is 32.2. The van der Waals surface area contributed by atoms with E-state index in [2.05, 4.69) is 5.32 Å². The highest BCUT2D eigenvalue weighted by Gasteiger charge is 2.29. The lowest BCUT2D eigenvalue weighted by molar-refractivity contribution is -0.137.